The van der Waals surface area contributed by atoms with Crippen molar-refractivity contribution in [3.05, 3.63) is 132 Å². The fraction of sp³-hybridized carbons (Fsp3) is 0. The molecule has 0 radical (unpaired) electrons. The van der Waals surface area contributed by atoms with Crippen LogP contribution in [-0.2, 0) is 0 Å². The lowest BCUT2D eigenvalue weighted by Crippen LogP contribution is -1.95. The third-order valence-electron chi connectivity index (χ3n) is 7.99. The quantitative estimate of drug-likeness (QED) is 0.213. The SMILES string of the molecule is N#Cc1ccccc1-c1cc(-c2cccc3sc4ccccc4c23)c(C#N)c(-c2cccc3sc4ccccc4c23)c1. The minimum absolute atomic E-state index is 0.609. The molecule has 2 heterocycles. The molecule has 0 aliphatic carbocycles. The van der Waals surface area contributed by atoms with Crippen molar-refractivity contribution in [3.63, 3.8) is 0 Å². The first-order valence-electron chi connectivity index (χ1n) is 13.6. The molecule has 8 aromatic rings. The van der Waals surface area contributed by atoms with Crippen LogP contribution in [0.15, 0.2) is 121 Å². The molecule has 194 valence electrons. The number of nitriles is 2. The number of benzene rings is 6. The van der Waals surface area contributed by atoms with Crippen LogP contribution < -0.4 is 0 Å². The lowest BCUT2D eigenvalue weighted by atomic mass is 9.85. The van der Waals surface area contributed by atoms with E-state index >= 15 is 0 Å². The molecule has 4 heteroatoms. The summed E-state index contributed by atoms with van der Waals surface area (Å²) in [7, 11) is 0. The Labute approximate surface area is 250 Å². The standard InChI is InChI=1S/C38H20N2S2/c39-21-23-9-1-2-10-25(23)24-19-30(26-13-7-17-35-37(26)28-11-3-5-15-33(28)41-35)32(22-40)31(20-24)27-14-8-18-36-38(27)29-12-4-6-16-34(29)42-36/h1-20H. The molecule has 2 aromatic heterocycles. The minimum atomic E-state index is 0.609. The molecule has 0 aliphatic heterocycles. The van der Waals surface area contributed by atoms with Crippen LogP contribution in [0.2, 0.25) is 0 Å². The largest absolute Gasteiger partial charge is 0.192 e. The maximum Gasteiger partial charge on any atom is 0.100 e. The number of hydrogen-bond acceptors (Lipinski definition) is 4. The fourth-order valence-electron chi connectivity index (χ4n) is 6.17. The molecule has 0 unspecified atom stereocenters. The second-order valence-corrected chi connectivity index (χ2v) is 12.4. The van der Waals surface area contributed by atoms with Gasteiger partial charge in [0.15, 0.2) is 0 Å². The van der Waals surface area contributed by atoms with Gasteiger partial charge in [-0.3, -0.25) is 0 Å². The average molecular weight is 569 g/mol. The molecule has 0 saturated carbocycles. The Bertz CT molecular complexity index is 2310. The van der Waals surface area contributed by atoms with E-state index in [4.69, 9.17) is 0 Å². The van der Waals surface area contributed by atoms with Gasteiger partial charge in [0.1, 0.15) is 6.07 Å². The maximum atomic E-state index is 10.9. The van der Waals surface area contributed by atoms with Gasteiger partial charge in [-0.2, -0.15) is 10.5 Å². The monoisotopic (exact) mass is 568 g/mol. The van der Waals surface area contributed by atoms with E-state index in [1.54, 1.807) is 22.7 Å². The van der Waals surface area contributed by atoms with Gasteiger partial charge < -0.3 is 0 Å². The van der Waals surface area contributed by atoms with Crippen molar-refractivity contribution in [2.24, 2.45) is 0 Å². The summed E-state index contributed by atoms with van der Waals surface area (Å²) in [6, 6.07) is 46.6. The van der Waals surface area contributed by atoms with Gasteiger partial charge in [-0.15, -0.1) is 22.7 Å². The zero-order chi connectivity index (χ0) is 28.2. The molecule has 2 nitrogen and oxygen atoms in total. The number of hydrogen-bond donors (Lipinski definition) is 0. The Morgan fingerprint density at radius 2 is 0.905 bits per heavy atom. The summed E-state index contributed by atoms with van der Waals surface area (Å²) in [5, 5.41) is 25.6. The van der Waals surface area contributed by atoms with Gasteiger partial charge in [-0.1, -0.05) is 78.9 Å². The summed E-state index contributed by atoms with van der Waals surface area (Å²) in [6.07, 6.45) is 0. The van der Waals surface area contributed by atoms with Crippen LogP contribution in [0.5, 0.6) is 0 Å². The van der Waals surface area contributed by atoms with E-state index in [-0.39, 0.29) is 0 Å². The van der Waals surface area contributed by atoms with Gasteiger partial charge >= 0.3 is 0 Å². The van der Waals surface area contributed by atoms with E-state index in [0.29, 0.717) is 11.1 Å². The second-order valence-electron chi connectivity index (χ2n) is 10.3. The van der Waals surface area contributed by atoms with E-state index < -0.39 is 0 Å². The first-order chi connectivity index (χ1) is 20.7. The van der Waals surface area contributed by atoms with Gasteiger partial charge in [-0.05, 0) is 64.7 Å². The highest BCUT2D eigenvalue weighted by Gasteiger charge is 2.21. The van der Waals surface area contributed by atoms with Crippen molar-refractivity contribution in [1.29, 1.82) is 10.5 Å². The Morgan fingerprint density at radius 1 is 0.429 bits per heavy atom. The average Bonchev–Trinajstić information content (AvgIpc) is 3.62. The van der Waals surface area contributed by atoms with Crippen molar-refractivity contribution in [2.75, 3.05) is 0 Å². The van der Waals surface area contributed by atoms with Crippen LogP contribution in [0.3, 0.4) is 0 Å². The second kappa shape index (κ2) is 9.68. The van der Waals surface area contributed by atoms with Crippen LogP contribution in [-0.4, -0.2) is 0 Å². The van der Waals surface area contributed by atoms with E-state index in [2.05, 4.69) is 109 Å². The molecule has 0 atom stereocenters. The van der Waals surface area contributed by atoms with Crippen molar-refractivity contribution in [1.82, 2.24) is 0 Å². The van der Waals surface area contributed by atoms with Crippen molar-refractivity contribution >= 4 is 63.0 Å². The predicted molar refractivity (Wildman–Crippen MR) is 178 cm³/mol. The number of nitrogens with zero attached hydrogens (tertiary/aromatic N) is 2. The van der Waals surface area contributed by atoms with Crippen molar-refractivity contribution in [2.45, 2.75) is 0 Å². The van der Waals surface area contributed by atoms with Gasteiger partial charge in [0.25, 0.3) is 0 Å². The topological polar surface area (TPSA) is 47.6 Å². The highest BCUT2D eigenvalue weighted by atomic mass is 32.1. The molecule has 0 N–H and O–H groups in total. The summed E-state index contributed by atoms with van der Waals surface area (Å²) in [4.78, 5) is 0. The summed E-state index contributed by atoms with van der Waals surface area (Å²) in [6.45, 7) is 0. The van der Waals surface area contributed by atoms with Crippen LogP contribution in [0.4, 0.5) is 0 Å². The van der Waals surface area contributed by atoms with Crippen LogP contribution in [0, 0.1) is 22.7 Å². The molecule has 0 amide bonds. The van der Waals surface area contributed by atoms with Gasteiger partial charge in [0.05, 0.1) is 17.2 Å². The van der Waals surface area contributed by atoms with Crippen molar-refractivity contribution in [3.8, 4) is 45.5 Å². The number of fused-ring (bicyclic) bond motifs is 6. The minimum Gasteiger partial charge on any atom is -0.192 e. The Hall–Kier alpha value is -5.26. The van der Waals surface area contributed by atoms with Gasteiger partial charge in [0, 0.05) is 51.5 Å². The molecular weight excluding hydrogens is 549 g/mol. The van der Waals surface area contributed by atoms with E-state index in [9.17, 15) is 10.5 Å². The third kappa shape index (κ3) is 3.67. The first kappa shape index (κ1) is 24.5. The summed E-state index contributed by atoms with van der Waals surface area (Å²) in [5.74, 6) is 0. The molecule has 42 heavy (non-hydrogen) atoms. The normalized spacial score (nSPS) is 11.3. The Balaban J connectivity index is 1.54. The molecule has 0 aliphatic rings. The summed E-state index contributed by atoms with van der Waals surface area (Å²) < 4.78 is 4.82. The molecule has 0 saturated heterocycles. The lowest BCUT2D eigenvalue weighted by Gasteiger charge is -2.16. The van der Waals surface area contributed by atoms with E-state index in [0.717, 1.165) is 44.2 Å². The van der Waals surface area contributed by atoms with E-state index in [1.165, 1.54) is 29.6 Å². The zero-order valence-corrected chi connectivity index (χ0v) is 23.9. The smallest absolute Gasteiger partial charge is 0.100 e. The molecule has 0 spiro atoms. The molecular formula is C38H20N2S2. The first-order valence-corrected chi connectivity index (χ1v) is 15.3. The Kier molecular flexibility index (Phi) is 5.66. The van der Waals surface area contributed by atoms with Crippen LogP contribution in [0.1, 0.15) is 11.1 Å². The lowest BCUT2D eigenvalue weighted by molar-refractivity contribution is 1.46. The van der Waals surface area contributed by atoms with Crippen LogP contribution >= 0.6 is 22.7 Å². The molecule has 0 bridgehead atoms. The maximum absolute atomic E-state index is 10.9. The van der Waals surface area contributed by atoms with Crippen LogP contribution in [0.25, 0.3) is 73.7 Å². The summed E-state index contributed by atoms with van der Waals surface area (Å²) >= 11 is 3.54. The summed E-state index contributed by atoms with van der Waals surface area (Å²) in [5.41, 5.74) is 6.84. The Morgan fingerprint density at radius 3 is 1.45 bits per heavy atom. The number of thiophene rings is 2. The van der Waals surface area contributed by atoms with Gasteiger partial charge in [-0.25, -0.2) is 0 Å². The van der Waals surface area contributed by atoms with E-state index in [1.807, 2.05) is 24.3 Å². The number of rotatable bonds is 3. The third-order valence-corrected chi connectivity index (χ3v) is 10.3. The fourth-order valence-corrected chi connectivity index (χ4v) is 8.44. The molecule has 8 rings (SSSR count). The zero-order valence-electron chi connectivity index (χ0n) is 22.3. The van der Waals surface area contributed by atoms with Gasteiger partial charge in [0.2, 0.25) is 0 Å². The highest BCUT2D eigenvalue weighted by molar-refractivity contribution is 7.26. The highest BCUT2D eigenvalue weighted by Crippen LogP contribution is 2.46. The molecule has 0 fully saturated rings. The molecule has 6 aromatic carbocycles. The van der Waals surface area contributed by atoms with Crippen molar-refractivity contribution < 1.29 is 0 Å². The predicted octanol–water partition coefficient (Wildman–Crippen LogP) is 11.2.